The average Bonchev–Trinajstić information content (AvgIpc) is 2.73. The lowest BCUT2D eigenvalue weighted by Crippen LogP contribution is -2.38. The van der Waals surface area contributed by atoms with E-state index in [1.807, 2.05) is 18.2 Å². The number of aliphatic hydroxyl groups is 1. The van der Waals surface area contributed by atoms with Gasteiger partial charge in [0.25, 0.3) is 0 Å². The van der Waals surface area contributed by atoms with Crippen molar-refractivity contribution < 1.29 is 9.90 Å². The molecule has 1 aliphatic carbocycles. The first-order chi connectivity index (χ1) is 9.08. The molecular formula is C14H19ClN2O2. The maximum absolute atomic E-state index is 11.7. The van der Waals surface area contributed by atoms with E-state index in [2.05, 4.69) is 10.6 Å². The number of amides is 2. The lowest BCUT2D eigenvalue weighted by atomic mass is 10.1. The van der Waals surface area contributed by atoms with E-state index in [9.17, 15) is 4.79 Å². The largest absolute Gasteiger partial charge is 0.393 e. The number of hydrogen-bond acceptors (Lipinski definition) is 2. The molecule has 1 aromatic rings. The van der Waals surface area contributed by atoms with Gasteiger partial charge in [-0.2, -0.15) is 0 Å². The van der Waals surface area contributed by atoms with Gasteiger partial charge in [0.2, 0.25) is 0 Å². The molecule has 2 rings (SSSR count). The number of nitrogens with one attached hydrogen (secondary N) is 2. The maximum atomic E-state index is 11.7. The van der Waals surface area contributed by atoms with Crippen LogP contribution in [0.15, 0.2) is 18.2 Å². The first-order valence-corrected chi connectivity index (χ1v) is 6.95. The van der Waals surface area contributed by atoms with Crippen molar-refractivity contribution >= 4 is 17.6 Å². The third-order valence-corrected chi connectivity index (χ3v) is 3.72. The van der Waals surface area contributed by atoms with E-state index in [0.29, 0.717) is 13.0 Å². The van der Waals surface area contributed by atoms with Gasteiger partial charge < -0.3 is 15.7 Å². The molecular weight excluding hydrogens is 264 g/mol. The van der Waals surface area contributed by atoms with Gasteiger partial charge >= 0.3 is 6.03 Å². The van der Waals surface area contributed by atoms with Gasteiger partial charge in [-0.1, -0.05) is 23.7 Å². The monoisotopic (exact) mass is 282 g/mol. The number of carbonyl (C=O) groups excluding carboxylic acids is 1. The predicted octanol–water partition coefficient (Wildman–Crippen LogP) is 2.40. The zero-order valence-corrected chi connectivity index (χ0v) is 11.7. The number of hydrogen-bond donors (Lipinski definition) is 3. The van der Waals surface area contributed by atoms with E-state index in [1.165, 1.54) is 0 Å². The van der Waals surface area contributed by atoms with Crippen molar-refractivity contribution in [2.24, 2.45) is 0 Å². The van der Waals surface area contributed by atoms with Gasteiger partial charge in [-0.25, -0.2) is 4.79 Å². The third-order valence-electron chi connectivity index (χ3n) is 3.37. The summed E-state index contributed by atoms with van der Waals surface area (Å²) in [5, 5.41) is 15.6. The van der Waals surface area contributed by atoms with Crippen LogP contribution in [0.25, 0.3) is 0 Å². The topological polar surface area (TPSA) is 61.4 Å². The zero-order valence-electron chi connectivity index (χ0n) is 10.9. The minimum atomic E-state index is -0.397. The summed E-state index contributed by atoms with van der Waals surface area (Å²) in [6, 6.07) is 5.63. The molecule has 1 aliphatic rings. The van der Waals surface area contributed by atoms with Gasteiger partial charge in [-0.05, 0) is 43.4 Å². The van der Waals surface area contributed by atoms with Crippen LogP contribution in [-0.2, 0) is 6.42 Å². The highest BCUT2D eigenvalue weighted by atomic mass is 35.5. The van der Waals surface area contributed by atoms with Crippen molar-refractivity contribution in [1.82, 2.24) is 10.6 Å². The third kappa shape index (κ3) is 3.61. The Morgan fingerprint density at radius 1 is 1.58 bits per heavy atom. The van der Waals surface area contributed by atoms with E-state index in [-0.39, 0.29) is 12.1 Å². The number of rotatable bonds is 4. The smallest absolute Gasteiger partial charge is 0.315 e. The van der Waals surface area contributed by atoms with Crippen LogP contribution in [0.1, 0.15) is 36.9 Å². The van der Waals surface area contributed by atoms with Crippen LogP contribution in [0.2, 0.25) is 5.02 Å². The molecule has 2 amide bonds. The Balaban J connectivity index is 1.89. The SMILES string of the molecule is CC(O)CCNC(=O)NC1CCc2c(Cl)cccc21. The fourth-order valence-electron chi connectivity index (χ4n) is 2.36. The Labute approximate surface area is 118 Å². The summed E-state index contributed by atoms with van der Waals surface area (Å²) in [6.45, 7) is 2.17. The lowest BCUT2D eigenvalue weighted by molar-refractivity contribution is 0.183. The van der Waals surface area contributed by atoms with Crippen LogP contribution in [0.4, 0.5) is 4.79 Å². The van der Waals surface area contributed by atoms with E-state index in [4.69, 9.17) is 16.7 Å². The molecule has 4 nitrogen and oxygen atoms in total. The Bertz CT molecular complexity index is 463. The molecule has 2 unspecified atom stereocenters. The van der Waals surface area contributed by atoms with Crippen molar-refractivity contribution in [2.75, 3.05) is 6.54 Å². The molecule has 0 fully saturated rings. The van der Waals surface area contributed by atoms with Crippen molar-refractivity contribution in [1.29, 1.82) is 0 Å². The molecule has 1 aromatic carbocycles. The molecule has 0 saturated heterocycles. The van der Waals surface area contributed by atoms with E-state index in [0.717, 1.165) is 29.0 Å². The molecule has 0 saturated carbocycles. The Kier molecular flexibility index (Phi) is 4.66. The Morgan fingerprint density at radius 3 is 3.11 bits per heavy atom. The molecule has 0 aromatic heterocycles. The summed E-state index contributed by atoms with van der Waals surface area (Å²) in [7, 11) is 0. The molecule has 0 aliphatic heterocycles. The van der Waals surface area contributed by atoms with Crippen molar-refractivity contribution in [3.63, 3.8) is 0 Å². The van der Waals surface area contributed by atoms with Gasteiger partial charge in [0.1, 0.15) is 0 Å². The summed E-state index contributed by atoms with van der Waals surface area (Å²) in [5.74, 6) is 0. The predicted molar refractivity (Wildman–Crippen MR) is 75.3 cm³/mol. The van der Waals surface area contributed by atoms with Crippen LogP contribution >= 0.6 is 11.6 Å². The van der Waals surface area contributed by atoms with Crippen LogP contribution in [0.5, 0.6) is 0 Å². The Morgan fingerprint density at radius 2 is 2.37 bits per heavy atom. The van der Waals surface area contributed by atoms with Gasteiger partial charge in [0.15, 0.2) is 0 Å². The van der Waals surface area contributed by atoms with Crippen LogP contribution in [0.3, 0.4) is 0 Å². The number of fused-ring (bicyclic) bond motifs is 1. The number of urea groups is 1. The highest BCUT2D eigenvalue weighted by Gasteiger charge is 2.25. The first kappa shape index (κ1) is 14.2. The standard InChI is InChI=1S/C14H19ClN2O2/c1-9(18)7-8-16-14(19)17-13-6-5-10-11(13)3-2-4-12(10)15/h2-4,9,13,18H,5-8H2,1H3,(H2,16,17,19). The molecule has 0 spiro atoms. The van der Waals surface area contributed by atoms with Crippen LogP contribution in [-0.4, -0.2) is 23.8 Å². The number of carbonyl (C=O) groups is 1. The molecule has 0 bridgehead atoms. The molecule has 3 N–H and O–H groups in total. The second kappa shape index (κ2) is 6.26. The molecule has 5 heteroatoms. The number of halogens is 1. The van der Waals surface area contributed by atoms with E-state index < -0.39 is 6.10 Å². The maximum Gasteiger partial charge on any atom is 0.315 e. The summed E-state index contributed by atoms with van der Waals surface area (Å²) in [5.41, 5.74) is 2.25. The minimum Gasteiger partial charge on any atom is -0.393 e. The van der Waals surface area contributed by atoms with Gasteiger partial charge in [-0.3, -0.25) is 0 Å². The molecule has 19 heavy (non-hydrogen) atoms. The number of benzene rings is 1. The van der Waals surface area contributed by atoms with Gasteiger partial charge in [-0.15, -0.1) is 0 Å². The molecule has 0 heterocycles. The van der Waals surface area contributed by atoms with E-state index in [1.54, 1.807) is 6.92 Å². The van der Waals surface area contributed by atoms with Crippen LogP contribution in [0, 0.1) is 0 Å². The summed E-state index contributed by atoms with van der Waals surface area (Å²) in [6.07, 6.45) is 1.93. The average molecular weight is 283 g/mol. The molecule has 0 radical (unpaired) electrons. The zero-order chi connectivity index (χ0) is 13.8. The molecule has 104 valence electrons. The fourth-order valence-corrected chi connectivity index (χ4v) is 2.64. The second-order valence-electron chi connectivity index (χ2n) is 4.94. The lowest BCUT2D eigenvalue weighted by Gasteiger charge is -2.15. The first-order valence-electron chi connectivity index (χ1n) is 6.57. The van der Waals surface area contributed by atoms with Crippen molar-refractivity contribution in [3.8, 4) is 0 Å². The van der Waals surface area contributed by atoms with E-state index >= 15 is 0 Å². The van der Waals surface area contributed by atoms with Gasteiger partial charge in [0.05, 0.1) is 12.1 Å². The Hall–Kier alpha value is -1.26. The van der Waals surface area contributed by atoms with Crippen LogP contribution < -0.4 is 10.6 Å². The highest BCUT2D eigenvalue weighted by molar-refractivity contribution is 6.31. The minimum absolute atomic E-state index is 0.0280. The summed E-state index contributed by atoms with van der Waals surface area (Å²) >= 11 is 6.13. The van der Waals surface area contributed by atoms with Crippen molar-refractivity contribution in [2.45, 2.75) is 38.3 Å². The normalized spacial score (nSPS) is 18.8. The van der Waals surface area contributed by atoms with Crippen molar-refractivity contribution in [3.05, 3.63) is 34.3 Å². The quantitative estimate of drug-likeness (QED) is 0.794. The summed E-state index contributed by atoms with van der Waals surface area (Å²) in [4.78, 5) is 11.7. The second-order valence-corrected chi connectivity index (χ2v) is 5.34. The molecule has 2 atom stereocenters. The number of aliphatic hydroxyl groups excluding tert-OH is 1. The fraction of sp³-hybridized carbons (Fsp3) is 0.500. The highest BCUT2D eigenvalue weighted by Crippen LogP contribution is 2.35. The van der Waals surface area contributed by atoms with Gasteiger partial charge in [0, 0.05) is 11.6 Å². The summed E-state index contributed by atoms with van der Waals surface area (Å²) < 4.78 is 0.